The second kappa shape index (κ2) is 3.06. The Morgan fingerprint density at radius 3 is 2.75 bits per heavy atom. The summed E-state index contributed by atoms with van der Waals surface area (Å²) in [4.78, 5) is 0. The minimum atomic E-state index is 0.394. The lowest BCUT2D eigenvalue weighted by Crippen LogP contribution is -2.30. The molecule has 3 unspecified atom stereocenters. The fraction of sp³-hybridized carbons (Fsp3) is 0.900. The van der Waals surface area contributed by atoms with Gasteiger partial charge in [0.1, 0.15) is 0 Å². The number of nitriles is 1. The van der Waals surface area contributed by atoms with Gasteiger partial charge in [0.15, 0.2) is 0 Å². The first kappa shape index (κ1) is 8.07. The molecule has 2 nitrogen and oxygen atoms in total. The zero-order valence-corrected chi connectivity index (χ0v) is 7.59. The van der Waals surface area contributed by atoms with Gasteiger partial charge in [-0.3, -0.25) is 0 Å². The van der Waals surface area contributed by atoms with Crippen molar-refractivity contribution in [3.05, 3.63) is 0 Å². The molecule has 3 atom stereocenters. The maximum atomic E-state index is 8.48. The zero-order valence-electron chi connectivity index (χ0n) is 7.59. The average molecular weight is 164 g/mol. The lowest BCUT2D eigenvalue weighted by molar-refractivity contribution is 0.490. The van der Waals surface area contributed by atoms with Crippen LogP contribution in [0.5, 0.6) is 0 Å². The Labute approximate surface area is 74.0 Å². The third-order valence-electron chi connectivity index (χ3n) is 3.28. The summed E-state index contributed by atoms with van der Waals surface area (Å²) in [6.07, 6.45) is 4.92. The van der Waals surface area contributed by atoms with Crippen LogP contribution in [0.1, 0.15) is 32.6 Å². The van der Waals surface area contributed by atoms with E-state index in [4.69, 9.17) is 5.26 Å². The van der Waals surface area contributed by atoms with Crippen LogP contribution in [0.25, 0.3) is 0 Å². The molecule has 0 bridgehead atoms. The summed E-state index contributed by atoms with van der Waals surface area (Å²) in [6.45, 7) is 2.11. The van der Waals surface area contributed by atoms with Crippen molar-refractivity contribution >= 4 is 0 Å². The molecule has 0 amide bonds. The van der Waals surface area contributed by atoms with Gasteiger partial charge in [-0.05, 0) is 31.6 Å². The quantitative estimate of drug-likeness (QED) is 0.688. The Balaban J connectivity index is 1.73. The van der Waals surface area contributed by atoms with Crippen molar-refractivity contribution in [2.45, 2.75) is 44.7 Å². The Morgan fingerprint density at radius 1 is 1.50 bits per heavy atom. The molecule has 2 saturated carbocycles. The van der Waals surface area contributed by atoms with Gasteiger partial charge in [-0.25, -0.2) is 0 Å². The van der Waals surface area contributed by atoms with Crippen molar-refractivity contribution in [2.24, 2.45) is 11.8 Å². The van der Waals surface area contributed by atoms with E-state index in [-0.39, 0.29) is 0 Å². The smallest absolute Gasteiger partial charge is 0.0638 e. The summed E-state index contributed by atoms with van der Waals surface area (Å²) >= 11 is 0. The van der Waals surface area contributed by atoms with Crippen LogP contribution in [0.3, 0.4) is 0 Å². The van der Waals surface area contributed by atoms with E-state index in [0.29, 0.717) is 12.5 Å². The lowest BCUT2D eigenvalue weighted by atomic mass is 10.2. The summed E-state index contributed by atoms with van der Waals surface area (Å²) in [7, 11) is 0. The predicted octanol–water partition coefficient (Wildman–Crippen LogP) is 1.68. The molecule has 0 aromatic heterocycles. The van der Waals surface area contributed by atoms with Crippen LogP contribution >= 0.6 is 0 Å². The van der Waals surface area contributed by atoms with E-state index in [1.165, 1.54) is 19.3 Å². The molecule has 0 aromatic rings. The lowest BCUT2D eigenvalue weighted by Gasteiger charge is -2.11. The minimum absolute atomic E-state index is 0.394. The van der Waals surface area contributed by atoms with Gasteiger partial charge in [-0.2, -0.15) is 5.26 Å². The number of hydrogen-bond donors (Lipinski definition) is 1. The molecule has 2 aliphatic rings. The second-order valence-electron chi connectivity index (χ2n) is 4.21. The van der Waals surface area contributed by atoms with Gasteiger partial charge in [0.25, 0.3) is 0 Å². The molecule has 12 heavy (non-hydrogen) atoms. The van der Waals surface area contributed by atoms with Gasteiger partial charge in [0.05, 0.1) is 12.5 Å². The average Bonchev–Trinajstić information content (AvgIpc) is 2.51. The Hall–Kier alpha value is -0.550. The summed E-state index contributed by atoms with van der Waals surface area (Å²) < 4.78 is 0. The molecule has 0 spiro atoms. The monoisotopic (exact) mass is 164 g/mol. The molecule has 2 aliphatic carbocycles. The molecule has 66 valence electrons. The largest absolute Gasteiger partial charge is 0.310 e. The molecule has 0 aromatic carbocycles. The third kappa shape index (κ3) is 1.34. The molecule has 0 aliphatic heterocycles. The molecule has 0 saturated heterocycles. The SMILES string of the molecule is CC(CC#N)NC1C2CCCC21. The standard InChI is InChI=1S/C10H16N2/c1-7(5-6-11)12-10-8-3-2-4-9(8)10/h7-10,12H,2-5H2,1H3. The third-order valence-corrected chi connectivity index (χ3v) is 3.28. The van der Waals surface area contributed by atoms with Crippen molar-refractivity contribution in [2.75, 3.05) is 0 Å². The highest BCUT2D eigenvalue weighted by Crippen LogP contribution is 2.52. The van der Waals surface area contributed by atoms with Gasteiger partial charge < -0.3 is 5.32 Å². The van der Waals surface area contributed by atoms with Gasteiger partial charge in [0, 0.05) is 12.1 Å². The Kier molecular flexibility index (Phi) is 2.06. The molecule has 1 N–H and O–H groups in total. The number of fused-ring (bicyclic) bond motifs is 1. The normalized spacial score (nSPS) is 40.2. The van der Waals surface area contributed by atoms with Gasteiger partial charge in [-0.15, -0.1) is 0 Å². The first-order valence-electron chi connectivity index (χ1n) is 4.96. The van der Waals surface area contributed by atoms with Crippen LogP contribution in [-0.2, 0) is 0 Å². The number of nitrogens with one attached hydrogen (secondary N) is 1. The zero-order chi connectivity index (χ0) is 8.55. The van der Waals surface area contributed by atoms with E-state index in [2.05, 4.69) is 18.3 Å². The minimum Gasteiger partial charge on any atom is -0.310 e. The Bertz CT molecular complexity index is 196. The van der Waals surface area contributed by atoms with Crippen molar-refractivity contribution in [3.8, 4) is 6.07 Å². The Morgan fingerprint density at radius 2 is 2.17 bits per heavy atom. The fourth-order valence-corrected chi connectivity index (χ4v) is 2.59. The highest BCUT2D eigenvalue weighted by Gasteiger charge is 2.52. The number of hydrogen-bond acceptors (Lipinski definition) is 2. The van der Waals surface area contributed by atoms with E-state index < -0.39 is 0 Å². The summed E-state index contributed by atoms with van der Waals surface area (Å²) in [6, 6.07) is 3.36. The van der Waals surface area contributed by atoms with E-state index in [9.17, 15) is 0 Å². The maximum absolute atomic E-state index is 8.48. The van der Waals surface area contributed by atoms with Crippen molar-refractivity contribution < 1.29 is 0 Å². The highest BCUT2D eigenvalue weighted by atomic mass is 15.0. The molecule has 2 rings (SSSR count). The fourth-order valence-electron chi connectivity index (χ4n) is 2.59. The van der Waals surface area contributed by atoms with Crippen LogP contribution in [0.4, 0.5) is 0 Å². The second-order valence-corrected chi connectivity index (χ2v) is 4.21. The molecule has 0 radical (unpaired) electrons. The summed E-state index contributed by atoms with van der Waals surface area (Å²) in [5.74, 6) is 1.93. The van der Waals surface area contributed by atoms with Crippen LogP contribution in [-0.4, -0.2) is 12.1 Å². The first-order valence-corrected chi connectivity index (χ1v) is 4.96. The molecule has 2 fully saturated rings. The van der Waals surface area contributed by atoms with Crippen LogP contribution in [0.2, 0.25) is 0 Å². The van der Waals surface area contributed by atoms with Crippen LogP contribution in [0.15, 0.2) is 0 Å². The van der Waals surface area contributed by atoms with Crippen molar-refractivity contribution in [3.63, 3.8) is 0 Å². The molecular weight excluding hydrogens is 148 g/mol. The van der Waals surface area contributed by atoms with Crippen LogP contribution < -0.4 is 5.32 Å². The number of nitrogens with zero attached hydrogens (tertiary/aromatic N) is 1. The topological polar surface area (TPSA) is 35.8 Å². The van der Waals surface area contributed by atoms with E-state index in [0.717, 1.165) is 17.9 Å². The van der Waals surface area contributed by atoms with E-state index >= 15 is 0 Å². The van der Waals surface area contributed by atoms with Crippen LogP contribution in [0, 0.1) is 23.2 Å². The molecular formula is C10H16N2. The van der Waals surface area contributed by atoms with E-state index in [1.807, 2.05) is 0 Å². The first-order chi connectivity index (χ1) is 5.83. The predicted molar refractivity (Wildman–Crippen MR) is 47.4 cm³/mol. The maximum Gasteiger partial charge on any atom is 0.0638 e. The summed E-state index contributed by atoms with van der Waals surface area (Å²) in [5.41, 5.74) is 0. The number of rotatable bonds is 3. The summed E-state index contributed by atoms with van der Waals surface area (Å²) in [5, 5.41) is 12.0. The highest BCUT2D eigenvalue weighted by molar-refractivity contribution is 5.07. The van der Waals surface area contributed by atoms with Crippen molar-refractivity contribution in [1.82, 2.24) is 5.32 Å². The van der Waals surface area contributed by atoms with Crippen molar-refractivity contribution in [1.29, 1.82) is 5.26 Å². The van der Waals surface area contributed by atoms with Gasteiger partial charge >= 0.3 is 0 Å². The molecule has 0 heterocycles. The molecule has 2 heteroatoms. The van der Waals surface area contributed by atoms with Gasteiger partial charge in [-0.1, -0.05) is 6.42 Å². The van der Waals surface area contributed by atoms with E-state index in [1.54, 1.807) is 0 Å². The van der Waals surface area contributed by atoms with Gasteiger partial charge in [0.2, 0.25) is 0 Å².